The molecule has 0 saturated heterocycles. The molecule has 0 unspecified atom stereocenters. The van der Waals surface area contributed by atoms with Crippen LogP contribution in [0.2, 0.25) is 0 Å². The number of hydrogen-bond acceptors (Lipinski definition) is 0. The summed E-state index contributed by atoms with van der Waals surface area (Å²) in [5.74, 6) is 0. The van der Waals surface area contributed by atoms with Crippen LogP contribution in [0.3, 0.4) is 0 Å². The van der Waals surface area contributed by atoms with Crippen LogP contribution in [0.15, 0.2) is 0 Å². The Morgan fingerprint density at radius 1 is 1.75 bits per heavy atom. The van der Waals surface area contributed by atoms with Gasteiger partial charge in [0.15, 0.2) is 0 Å². The van der Waals surface area contributed by atoms with Gasteiger partial charge in [0.05, 0.1) is 0 Å². The predicted molar refractivity (Wildman–Crippen MR) is 19.4 cm³/mol. The first-order valence-corrected chi connectivity index (χ1v) is 2.12. The van der Waals surface area contributed by atoms with Crippen LogP contribution in [-0.2, 0) is 0 Å². The van der Waals surface area contributed by atoms with Crippen molar-refractivity contribution in [2.75, 3.05) is 0 Å². The molecule has 0 amide bonds. The van der Waals surface area contributed by atoms with E-state index in [9.17, 15) is 0 Å². The first-order valence-electron chi connectivity index (χ1n) is 0.689. The molecule has 0 spiro atoms. The number of hydrogen-bond donors (Lipinski definition) is 0. The van der Waals surface area contributed by atoms with E-state index in [4.69, 9.17) is 11.6 Å². The molecule has 0 atom stereocenters. The van der Waals surface area contributed by atoms with Gasteiger partial charge in [0, 0.05) is 0 Å². The van der Waals surface area contributed by atoms with Crippen LogP contribution in [0.25, 0.3) is 0 Å². The van der Waals surface area contributed by atoms with Crippen molar-refractivity contribution >= 4 is 28.1 Å². The Labute approximate surface area is 38.8 Å². The maximum atomic E-state index is 4.82. The summed E-state index contributed by atoms with van der Waals surface area (Å²) in [5.41, 5.74) is 0. The van der Waals surface area contributed by atoms with Crippen molar-refractivity contribution in [2.45, 2.75) is 0 Å². The molecule has 19 valence electrons. The molecule has 0 aromatic rings. The topological polar surface area (TPSA) is 0 Å². The van der Waals surface area contributed by atoms with E-state index >= 15 is 0 Å². The van der Waals surface area contributed by atoms with Crippen molar-refractivity contribution in [1.29, 1.82) is 0 Å². The molecule has 0 nitrogen and oxygen atoms in total. The van der Waals surface area contributed by atoms with Gasteiger partial charge in [-0.1, -0.05) is 0 Å². The standard InChI is InChI=1S/C2ClGe/c3-1-2-4. The summed E-state index contributed by atoms with van der Waals surface area (Å²) in [6, 6.07) is 0. The van der Waals surface area contributed by atoms with Crippen LogP contribution in [0.4, 0.5) is 0 Å². The van der Waals surface area contributed by atoms with Gasteiger partial charge in [-0.05, 0) is 0 Å². The number of rotatable bonds is 0. The van der Waals surface area contributed by atoms with Gasteiger partial charge in [0.25, 0.3) is 0 Å². The average Bonchev–Trinajstić information content (AvgIpc) is 1.37. The molecular weight excluding hydrogens is 132 g/mol. The Hall–Kier alpha value is 0.393. The van der Waals surface area contributed by atoms with Crippen LogP contribution in [0.1, 0.15) is 0 Å². The third-order valence-electron chi connectivity index (χ3n) is 0.0472. The zero-order chi connectivity index (χ0) is 3.41. The summed E-state index contributed by atoms with van der Waals surface area (Å²) in [5, 5.41) is 2.15. The molecule has 0 heterocycles. The molecule has 2 heteroatoms. The summed E-state index contributed by atoms with van der Waals surface area (Å²) >= 11 is 6.51. The van der Waals surface area contributed by atoms with Crippen LogP contribution in [0.5, 0.6) is 0 Å². The molecule has 3 radical (unpaired) electrons. The van der Waals surface area contributed by atoms with E-state index in [1.165, 1.54) is 0 Å². The first-order chi connectivity index (χ1) is 1.91. The van der Waals surface area contributed by atoms with Gasteiger partial charge in [-0.3, -0.25) is 0 Å². The Morgan fingerprint density at radius 2 is 2.00 bits per heavy atom. The normalized spacial score (nSPS) is 3.50. The second kappa shape index (κ2) is 3.39. The Morgan fingerprint density at radius 3 is 2.00 bits per heavy atom. The Kier molecular flexibility index (Phi) is 3.73. The molecule has 0 fully saturated rings. The Balaban J connectivity index is 2.83. The molecule has 0 aromatic heterocycles. The monoisotopic (exact) mass is 133 g/mol. The van der Waals surface area contributed by atoms with E-state index in [0.29, 0.717) is 0 Å². The van der Waals surface area contributed by atoms with Gasteiger partial charge in [0.1, 0.15) is 0 Å². The van der Waals surface area contributed by atoms with Crippen molar-refractivity contribution < 1.29 is 0 Å². The van der Waals surface area contributed by atoms with Gasteiger partial charge < -0.3 is 0 Å². The minimum atomic E-state index is 1.69. The molecule has 0 aliphatic heterocycles. The van der Waals surface area contributed by atoms with E-state index in [0.717, 1.165) is 0 Å². The van der Waals surface area contributed by atoms with Crippen molar-refractivity contribution in [3.8, 4) is 10.1 Å². The van der Waals surface area contributed by atoms with Crippen LogP contribution in [0, 0.1) is 10.1 Å². The second-order valence-electron chi connectivity index (χ2n) is 0.219. The quantitative estimate of drug-likeness (QED) is 0.328. The van der Waals surface area contributed by atoms with Gasteiger partial charge in [-0.25, -0.2) is 0 Å². The van der Waals surface area contributed by atoms with Gasteiger partial charge in [0.2, 0.25) is 0 Å². The van der Waals surface area contributed by atoms with Gasteiger partial charge in [-0.2, -0.15) is 0 Å². The Bertz CT molecular complexity index is 42.8. The third-order valence-corrected chi connectivity index (χ3v) is 0.736. The summed E-state index contributed by atoms with van der Waals surface area (Å²) in [4.78, 5) is 0. The molecule has 0 aromatic carbocycles. The predicted octanol–water partition coefficient (Wildman–Crippen LogP) is 0.312. The van der Waals surface area contributed by atoms with E-state index in [1.807, 2.05) is 0 Å². The van der Waals surface area contributed by atoms with Crippen molar-refractivity contribution in [3.05, 3.63) is 0 Å². The van der Waals surface area contributed by atoms with Crippen molar-refractivity contribution in [3.63, 3.8) is 0 Å². The van der Waals surface area contributed by atoms with Crippen LogP contribution >= 0.6 is 11.6 Å². The molecule has 0 rings (SSSR count). The van der Waals surface area contributed by atoms with E-state index in [-0.39, 0.29) is 0 Å². The molecular formula is C2ClGe. The fourth-order valence-electron chi connectivity index (χ4n) is 0. The SMILES string of the molecule is ClC#[C][Ge]. The minimum absolute atomic E-state index is 1.69. The molecule has 0 aliphatic rings. The molecule has 0 aliphatic carbocycles. The van der Waals surface area contributed by atoms with Gasteiger partial charge >= 0.3 is 38.2 Å². The zero-order valence-corrected chi connectivity index (χ0v) is 4.73. The summed E-state index contributed by atoms with van der Waals surface area (Å²) in [7, 11) is 0. The van der Waals surface area contributed by atoms with E-state index < -0.39 is 0 Å². The molecule has 0 saturated carbocycles. The fraction of sp³-hybridized carbons (Fsp3) is 0. The second-order valence-corrected chi connectivity index (χ2v) is 0.933. The summed E-state index contributed by atoms with van der Waals surface area (Å²) in [6.07, 6.45) is 0. The summed E-state index contributed by atoms with van der Waals surface area (Å²) < 4.78 is 2.45. The van der Waals surface area contributed by atoms with Crippen LogP contribution in [-0.4, -0.2) is 16.5 Å². The molecule has 0 N–H and O–H groups in total. The zero-order valence-electron chi connectivity index (χ0n) is 1.88. The third kappa shape index (κ3) is 2.39. The fourth-order valence-corrected chi connectivity index (χ4v) is 0. The molecule has 0 bridgehead atoms. The van der Waals surface area contributed by atoms with Crippen molar-refractivity contribution in [2.24, 2.45) is 0 Å². The summed E-state index contributed by atoms with van der Waals surface area (Å²) in [6.45, 7) is 0. The number of halogens is 1. The molecule has 4 heavy (non-hydrogen) atoms. The van der Waals surface area contributed by atoms with Crippen LogP contribution < -0.4 is 0 Å². The average molecular weight is 132 g/mol. The maximum absolute atomic E-state index is 4.82. The van der Waals surface area contributed by atoms with E-state index in [2.05, 4.69) is 10.1 Å². The van der Waals surface area contributed by atoms with Gasteiger partial charge in [-0.15, -0.1) is 0 Å². The first kappa shape index (κ1) is 4.39. The van der Waals surface area contributed by atoms with Crippen molar-refractivity contribution in [1.82, 2.24) is 0 Å². The van der Waals surface area contributed by atoms with E-state index in [1.54, 1.807) is 16.5 Å².